The van der Waals surface area contributed by atoms with E-state index in [0.717, 1.165) is 24.0 Å². The highest BCUT2D eigenvalue weighted by molar-refractivity contribution is 5.88. The molecule has 164 valence electrons. The van der Waals surface area contributed by atoms with Crippen LogP contribution in [0, 0.1) is 0 Å². The summed E-state index contributed by atoms with van der Waals surface area (Å²) in [6.45, 7) is 5.59. The molecule has 3 rings (SSSR count). The largest absolute Gasteiger partial charge is 0.508 e. The van der Waals surface area contributed by atoms with Gasteiger partial charge in [0.05, 0.1) is 0 Å². The predicted molar refractivity (Wildman–Crippen MR) is 128 cm³/mol. The number of rotatable bonds is 4. The van der Waals surface area contributed by atoms with E-state index in [1.54, 1.807) is 18.2 Å². The SMILES string of the molecule is CC(C)(C)OC(=O)/C=C/c1ccc(C(=C2CCCCCCC2)c2ccc(O)cc2)cc1. The van der Waals surface area contributed by atoms with Crippen LogP contribution < -0.4 is 0 Å². The zero-order valence-electron chi connectivity index (χ0n) is 19.0. The highest BCUT2D eigenvalue weighted by Gasteiger charge is 2.15. The van der Waals surface area contributed by atoms with Gasteiger partial charge in [-0.2, -0.15) is 0 Å². The van der Waals surface area contributed by atoms with E-state index in [1.165, 1.54) is 54.9 Å². The van der Waals surface area contributed by atoms with Crippen molar-refractivity contribution in [3.05, 3.63) is 76.9 Å². The Morgan fingerprint density at radius 3 is 1.90 bits per heavy atom. The van der Waals surface area contributed by atoms with Crippen LogP contribution in [0.4, 0.5) is 0 Å². The van der Waals surface area contributed by atoms with Gasteiger partial charge in [0.25, 0.3) is 0 Å². The Kier molecular flexibility index (Phi) is 7.73. The first-order valence-corrected chi connectivity index (χ1v) is 11.3. The Morgan fingerprint density at radius 1 is 0.839 bits per heavy atom. The van der Waals surface area contributed by atoms with Gasteiger partial charge in [0.1, 0.15) is 11.4 Å². The van der Waals surface area contributed by atoms with Crippen LogP contribution >= 0.6 is 0 Å². The first-order chi connectivity index (χ1) is 14.8. The summed E-state index contributed by atoms with van der Waals surface area (Å²) in [5, 5.41) is 9.75. The number of hydrogen-bond donors (Lipinski definition) is 1. The highest BCUT2D eigenvalue weighted by atomic mass is 16.6. The molecule has 3 nitrogen and oxygen atoms in total. The van der Waals surface area contributed by atoms with Gasteiger partial charge < -0.3 is 9.84 Å². The molecule has 0 heterocycles. The van der Waals surface area contributed by atoms with E-state index in [-0.39, 0.29) is 11.7 Å². The van der Waals surface area contributed by atoms with Gasteiger partial charge in [0, 0.05) is 6.08 Å². The van der Waals surface area contributed by atoms with Crippen LogP contribution in [0.3, 0.4) is 0 Å². The van der Waals surface area contributed by atoms with Gasteiger partial charge in [0.15, 0.2) is 0 Å². The lowest BCUT2D eigenvalue weighted by molar-refractivity contribution is -0.148. The minimum Gasteiger partial charge on any atom is -0.508 e. The zero-order valence-corrected chi connectivity index (χ0v) is 19.0. The number of carbonyl (C=O) groups excluding carboxylic acids is 1. The van der Waals surface area contributed by atoms with Gasteiger partial charge in [-0.05, 0) is 86.9 Å². The van der Waals surface area contributed by atoms with Gasteiger partial charge in [-0.15, -0.1) is 0 Å². The fourth-order valence-corrected chi connectivity index (χ4v) is 4.05. The molecule has 3 heteroatoms. The zero-order chi connectivity index (χ0) is 22.3. The van der Waals surface area contributed by atoms with Crippen LogP contribution in [0.15, 0.2) is 60.2 Å². The van der Waals surface area contributed by atoms with E-state index < -0.39 is 5.60 Å². The van der Waals surface area contributed by atoms with E-state index in [1.807, 2.05) is 45.0 Å². The summed E-state index contributed by atoms with van der Waals surface area (Å²) in [7, 11) is 0. The van der Waals surface area contributed by atoms with Crippen molar-refractivity contribution < 1.29 is 14.6 Å². The first kappa shape index (κ1) is 22.9. The molecule has 2 aromatic carbocycles. The number of aromatic hydroxyl groups is 1. The quantitative estimate of drug-likeness (QED) is 0.419. The number of allylic oxidation sites excluding steroid dienone is 1. The highest BCUT2D eigenvalue weighted by Crippen LogP contribution is 2.34. The van der Waals surface area contributed by atoms with Crippen molar-refractivity contribution in [2.24, 2.45) is 0 Å². The van der Waals surface area contributed by atoms with E-state index >= 15 is 0 Å². The van der Waals surface area contributed by atoms with Crippen molar-refractivity contribution in [1.82, 2.24) is 0 Å². The van der Waals surface area contributed by atoms with Crippen LogP contribution in [-0.4, -0.2) is 16.7 Å². The fourth-order valence-electron chi connectivity index (χ4n) is 4.05. The smallest absolute Gasteiger partial charge is 0.331 e. The molecule has 0 unspecified atom stereocenters. The molecule has 1 N–H and O–H groups in total. The molecule has 0 spiro atoms. The minimum absolute atomic E-state index is 0.286. The van der Waals surface area contributed by atoms with Crippen molar-refractivity contribution >= 4 is 17.6 Å². The molecular formula is C28H34O3. The summed E-state index contributed by atoms with van der Waals surface area (Å²) in [4.78, 5) is 11.9. The number of hydrogen-bond acceptors (Lipinski definition) is 3. The van der Waals surface area contributed by atoms with Gasteiger partial charge in [0.2, 0.25) is 0 Å². The lowest BCUT2D eigenvalue weighted by atomic mass is 9.86. The number of phenolic OH excluding ortho intramolecular Hbond substituents is 1. The lowest BCUT2D eigenvalue weighted by Gasteiger charge is -2.19. The summed E-state index contributed by atoms with van der Waals surface area (Å²) >= 11 is 0. The maximum Gasteiger partial charge on any atom is 0.331 e. The van der Waals surface area contributed by atoms with E-state index in [2.05, 4.69) is 12.1 Å². The Bertz CT molecular complexity index is 916. The van der Waals surface area contributed by atoms with Crippen molar-refractivity contribution in [2.75, 3.05) is 0 Å². The fraction of sp³-hybridized carbons (Fsp3) is 0.393. The van der Waals surface area contributed by atoms with Gasteiger partial charge in [-0.25, -0.2) is 4.79 Å². The molecule has 0 amide bonds. The molecule has 0 atom stereocenters. The second-order valence-corrected chi connectivity index (χ2v) is 9.28. The van der Waals surface area contributed by atoms with Gasteiger partial charge >= 0.3 is 5.97 Å². The summed E-state index contributed by atoms with van der Waals surface area (Å²) in [6.07, 6.45) is 11.9. The number of carbonyl (C=O) groups is 1. The maximum absolute atomic E-state index is 11.9. The molecular weight excluding hydrogens is 384 g/mol. The van der Waals surface area contributed by atoms with Gasteiger partial charge in [-0.1, -0.05) is 61.2 Å². The molecule has 0 bridgehead atoms. The molecule has 1 aliphatic carbocycles. The molecule has 31 heavy (non-hydrogen) atoms. The average molecular weight is 419 g/mol. The molecule has 1 saturated carbocycles. The second kappa shape index (κ2) is 10.5. The maximum atomic E-state index is 11.9. The van der Waals surface area contributed by atoms with Crippen molar-refractivity contribution in [3.63, 3.8) is 0 Å². The monoisotopic (exact) mass is 418 g/mol. The Balaban J connectivity index is 1.89. The molecule has 0 aromatic heterocycles. The molecule has 1 fully saturated rings. The third-order valence-corrected chi connectivity index (χ3v) is 5.48. The summed E-state index contributed by atoms with van der Waals surface area (Å²) in [5.41, 5.74) is 5.57. The normalized spacial score (nSPS) is 15.4. The minimum atomic E-state index is -0.492. The second-order valence-electron chi connectivity index (χ2n) is 9.28. The predicted octanol–water partition coefficient (Wildman–Crippen LogP) is 7.29. The number of phenols is 1. The average Bonchev–Trinajstić information content (AvgIpc) is 2.69. The van der Waals surface area contributed by atoms with Gasteiger partial charge in [-0.3, -0.25) is 0 Å². The Morgan fingerprint density at radius 2 is 1.35 bits per heavy atom. The molecule has 0 saturated heterocycles. The van der Waals surface area contributed by atoms with Crippen LogP contribution in [0.5, 0.6) is 5.75 Å². The molecule has 0 aliphatic heterocycles. The third-order valence-electron chi connectivity index (χ3n) is 5.48. The third kappa shape index (κ3) is 7.13. The Labute approximate surface area is 186 Å². The van der Waals surface area contributed by atoms with E-state index in [4.69, 9.17) is 4.74 Å². The van der Waals surface area contributed by atoms with Crippen molar-refractivity contribution in [1.29, 1.82) is 0 Å². The van der Waals surface area contributed by atoms with Crippen molar-refractivity contribution in [2.45, 2.75) is 71.3 Å². The first-order valence-electron chi connectivity index (χ1n) is 11.3. The van der Waals surface area contributed by atoms with E-state index in [0.29, 0.717) is 0 Å². The Hall–Kier alpha value is -2.81. The molecule has 2 aromatic rings. The van der Waals surface area contributed by atoms with Crippen LogP contribution in [0.2, 0.25) is 0 Å². The van der Waals surface area contributed by atoms with Crippen LogP contribution in [0.1, 0.15) is 82.4 Å². The van der Waals surface area contributed by atoms with Crippen molar-refractivity contribution in [3.8, 4) is 5.75 Å². The number of esters is 1. The number of benzene rings is 2. The topological polar surface area (TPSA) is 46.5 Å². The van der Waals surface area contributed by atoms with Crippen LogP contribution in [-0.2, 0) is 9.53 Å². The molecule has 1 aliphatic rings. The molecule has 0 radical (unpaired) electrons. The van der Waals surface area contributed by atoms with E-state index in [9.17, 15) is 9.90 Å². The van der Waals surface area contributed by atoms with Crippen LogP contribution in [0.25, 0.3) is 11.6 Å². The summed E-state index contributed by atoms with van der Waals surface area (Å²) < 4.78 is 5.34. The number of ether oxygens (including phenoxy) is 1. The summed E-state index contributed by atoms with van der Waals surface area (Å²) in [6, 6.07) is 15.9. The standard InChI is InChI=1S/C28H34O3/c1-28(2,3)31-26(30)20-13-21-11-14-23(15-12-21)27(24-16-18-25(29)19-17-24)22-9-7-5-4-6-8-10-22/h11-20,29H,4-10H2,1-3H3/b20-13+. The lowest BCUT2D eigenvalue weighted by Crippen LogP contribution is -2.22. The summed E-state index contributed by atoms with van der Waals surface area (Å²) in [5.74, 6) is -0.0496.